The monoisotopic (exact) mass is 141 g/mol. The van der Waals surface area contributed by atoms with Gasteiger partial charge in [0.2, 0.25) is 4.90 Å². The van der Waals surface area contributed by atoms with Gasteiger partial charge in [-0.2, -0.15) is 0 Å². The van der Waals surface area contributed by atoms with E-state index in [1.807, 2.05) is 30.3 Å². The minimum absolute atomic E-state index is 1.14. The maximum absolute atomic E-state index is 4.74. The van der Waals surface area contributed by atoms with E-state index in [4.69, 9.17) is 11.2 Å². The molecule has 0 fully saturated rings. The summed E-state index contributed by atoms with van der Waals surface area (Å²) in [4.78, 5) is 1.14. The summed E-state index contributed by atoms with van der Waals surface area (Å²) in [6.07, 6.45) is 0. The number of benzene rings is 1. The second kappa shape index (κ2) is 2.84. The molecule has 1 aromatic carbocycles. The standard InChI is InChI=1S/C6H5S2/c7-8-6-4-2-1-3-5-6/h1-5H/q+1. The Hall–Kier alpha value is -0.340. The van der Waals surface area contributed by atoms with Gasteiger partial charge in [-0.25, -0.2) is 0 Å². The zero-order valence-electron chi connectivity index (χ0n) is 4.20. The third-order valence-corrected chi connectivity index (χ3v) is 1.88. The van der Waals surface area contributed by atoms with Crippen LogP contribution in [0.2, 0.25) is 0 Å². The molecule has 0 aliphatic rings. The van der Waals surface area contributed by atoms with Crippen molar-refractivity contribution in [3.8, 4) is 0 Å². The van der Waals surface area contributed by atoms with Crippen LogP contribution in [-0.4, -0.2) is 0 Å². The Morgan fingerprint density at radius 2 is 1.75 bits per heavy atom. The average Bonchev–Trinajstić information content (AvgIpc) is 1.90. The highest BCUT2D eigenvalue weighted by atomic mass is 32.8. The van der Waals surface area contributed by atoms with E-state index in [0.717, 1.165) is 4.90 Å². The van der Waals surface area contributed by atoms with E-state index in [9.17, 15) is 0 Å². The Morgan fingerprint density at radius 1 is 1.12 bits per heavy atom. The van der Waals surface area contributed by atoms with E-state index in [1.165, 1.54) is 10.3 Å². The lowest BCUT2D eigenvalue weighted by atomic mass is 10.4. The first-order valence-corrected chi connectivity index (χ1v) is 4.02. The first-order chi connectivity index (χ1) is 3.93. The summed E-state index contributed by atoms with van der Waals surface area (Å²) in [6, 6.07) is 9.94. The SMILES string of the molecule is S=[S+]c1ccccc1. The molecule has 8 heavy (non-hydrogen) atoms. The maximum Gasteiger partial charge on any atom is 0.316 e. The molecule has 0 aliphatic carbocycles. The third-order valence-electron chi connectivity index (χ3n) is 0.839. The lowest BCUT2D eigenvalue weighted by Gasteiger charge is -1.72. The van der Waals surface area contributed by atoms with Crippen molar-refractivity contribution in [3.05, 3.63) is 30.3 Å². The van der Waals surface area contributed by atoms with E-state index >= 15 is 0 Å². The molecule has 0 aliphatic heterocycles. The molecule has 0 saturated carbocycles. The fourth-order valence-corrected chi connectivity index (χ4v) is 1.08. The Balaban J connectivity index is 2.99. The van der Waals surface area contributed by atoms with E-state index < -0.39 is 0 Å². The van der Waals surface area contributed by atoms with Crippen molar-refractivity contribution in [2.45, 2.75) is 4.90 Å². The maximum atomic E-state index is 4.74. The van der Waals surface area contributed by atoms with Gasteiger partial charge in [0, 0.05) is 12.1 Å². The molecule has 0 unspecified atom stereocenters. The summed E-state index contributed by atoms with van der Waals surface area (Å²) >= 11 is 4.74. The molecule has 1 aromatic rings. The summed E-state index contributed by atoms with van der Waals surface area (Å²) in [5, 5.41) is 0. The number of hydrogen-bond acceptors (Lipinski definition) is 1. The zero-order valence-corrected chi connectivity index (χ0v) is 5.84. The Morgan fingerprint density at radius 3 is 2.12 bits per heavy atom. The van der Waals surface area contributed by atoms with Gasteiger partial charge >= 0.3 is 10.3 Å². The van der Waals surface area contributed by atoms with Crippen LogP contribution in [0.15, 0.2) is 35.2 Å². The van der Waals surface area contributed by atoms with Crippen LogP contribution in [0.5, 0.6) is 0 Å². The Kier molecular flexibility index (Phi) is 2.06. The number of hydrogen-bond donors (Lipinski definition) is 0. The predicted octanol–water partition coefficient (Wildman–Crippen LogP) is 1.59. The van der Waals surface area contributed by atoms with Crippen LogP contribution in [0.4, 0.5) is 0 Å². The molecule has 0 heterocycles. The average molecular weight is 141 g/mol. The van der Waals surface area contributed by atoms with Gasteiger partial charge in [-0.05, 0) is 0 Å². The number of rotatable bonds is 1. The van der Waals surface area contributed by atoms with Crippen LogP contribution in [0.3, 0.4) is 0 Å². The lowest BCUT2D eigenvalue weighted by Crippen LogP contribution is -1.66. The van der Waals surface area contributed by atoms with Gasteiger partial charge in [-0.3, -0.25) is 0 Å². The topological polar surface area (TPSA) is 0 Å². The molecule has 0 nitrogen and oxygen atoms in total. The molecule has 0 N–H and O–H groups in total. The zero-order chi connectivity index (χ0) is 5.82. The van der Waals surface area contributed by atoms with Crippen molar-refractivity contribution >= 4 is 21.5 Å². The molecule has 0 saturated heterocycles. The first-order valence-electron chi connectivity index (χ1n) is 2.28. The molecule has 2 heteroatoms. The smallest absolute Gasteiger partial charge is 0.0619 e. The van der Waals surface area contributed by atoms with Crippen LogP contribution >= 0.6 is 0 Å². The van der Waals surface area contributed by atoms with Gasteiger partial charge in [0.1, 0.15) is 0 Å². The van der Waals surface area contributed by atoms with Gasteiger partial charge in [-0.1, -0.05) is 18.2 Å². The quantitative estimate of drug-likeness (QED) is 0.535. The van der Waals surface area contributed by atoms with Crippen LogP contribution in [0.25, 0.3) is 0 Å². The summed E-state index contributed by atoms with van der Waals surface area (Å²) in [6.45, 7) is 0. The van der Waals surface area contributed by atoms with Gasteiger partial charge in [-0.15, -0.1) is 0 Å². The van der Waals surface area contributed by atoms with Gasteiger partial charge in [0.15, 0.2) is 0 Å². The van der Waals surface area contributed by atoms with Crippen LogP contribution in [0, 0.1) is 0 Å². The van der Waals surface area contributed by atoms with Crippen LogP contribution < -0.4 is 0 Å². The molecule has 0 atom stereocenters. The molecule has 0 bridgehead atoms. The van der Waals surface area contributed by atoms with E-state index in [0.29, 0.717) is 0 Å². The van der Waals surface area contributed by atoms with Crippen LogP contribution in [0.1, 0.15) is 0 Å². The van der Waals surface area contributed by atoms with Crippen molar-refractivity contribution < 1.29 is 0 Å². The summed E-state index contributed by atoms with van der Waals surface area (Å²) < 4.78 is 0. The van der Waals surface area contributed by atoms with E-state index in [1.54, 1.807) is 0 Å². The molecule has 0 amide bonds. The Bertz CT molecular complexity index is 169. The minimum atomic E-state index is 1.14. The molecular weight excluding hydrogens is 136 g/mol. The normalized spacial score (nSPS) is 8.50. The van der Waals surface area contributed by atoms with E-state index in [2.05, 4.69) is 0 Å². The highest BCUT2D eigenvalue weighted by molar-refractivity contribution is 8.17. The second-order valence-corrected chi connectivity index (χ2v) is 2.53. The van der Waals surface area contributed by atoms with Crippen molar-refractivity contribution in [1.29, 1.82) is 0 Å². The summed E-state index contributed by atoms with van der Waals surface area (Å²) in [5.74, 6) is 0. The second-order valence-electron chi connectivity index (χ2n) is 1.40. The van der Waals surface area contributed by atoms with E-state index in [-0.39, 0.29) is 0 Å². The van der Waals surface area contributed by atoms with Crippen molar-refractivity contribution in [2.24, 2.45) is 0 Å². The minimum Gasteiger partial charge on any atom is -0.0619 e. The highest BCUT2D eigenvalue weighted by Crippen LogP contribution is 1.95. The lowest BCUT2D eigenvalue weighted by molar-refractivity contribution is 1.48. The highest BCUT2D eigenvalue weighted by Gasteiger charge is 1.94. The van der Waals surface area contributed by atoms with Crippen molar-refractivity contribution in [3.63, 3.8) is 0 Å². The fourth-order valence-electron chi connectivity index (χ4n) is 0.476. The van der Waals surface area contributed by atoms with Crippen molar-refractivity contribution in [2.75, 3.05) is 0 Å². The molecule has 0 aromatic heterocycles. The predicted molar refractivity (Wildman–Crippen MR) is 39.4 cm³/mol. The first kappa shape index (κ1) is 5.79. The fraction of sp³-hybridized carbons (Fsp3) is 0. The van der Waals surface area contributed by atoms with Gasteiger partial charge in [0.25, 0.3) is 11.2 Å². The molecular formula is C6H5S2+. The molecule has 0 spiro atoms. The molecule has 0 radical (unpaired) electrons. The van der Waals surface area contributed by atoms with Gasteiger partial charge < -0.3 is 0 Å². The summed E-state index contributed by atoms with van der Waals surface area (Å²) in [5.41, 5.74) is 0. The van der Waals surface area contributed by atoms with Crippen LogP contribution in [-0.2, 0) is 21.5 Å². The van der Waals surface area contributed by atoms with Gasteiger partial charge in [0.05, 0.1) is 0 Å². The third kappa shape index (κ3) is 1.32. The Labute approximate surface area is 57.2 Å². The molecule has 1 rings (SSSR count). The summed E-state index contributed by atoms with van der Waals surface area (Å²) in [7, 11) is 1.35. The van der Waals surface area contributed by atoms with Crippen molar-refractivity contribution in [1.82, 2.24) is 0 Å². The largest absolute Gasteiger partial charge is 0.316 e. The molecule has 40 valence electrons.